The molecular formula is C12H17FN4O. The summed E-state index contributed by atoms with van der Waals surface area (Å²) in [7, 11) is 0. The fraction of sp³-hybridized carbons (Fsp3) is 0.667. The number of fused-ring (bicyclic) bond motifs is 1. The van der Waals surface area contributed by atoms with Crippen LogP contribution >= 0.6 is 0 Å². The molecule has 0 aromatic carbocycles. The van der Waals surface area contributed by atoms with Gasteiger partial charge >= 0.3 is 0 Å². The summed E-state index contributed by atoms with van der Waals surface area (Å²) < 4.78 is 18.4. The maximum Gasteiger partial charge on any atom is 0.222 e. The monoisotopic (exact) mass is 252 g/mol. The van der Waals surface area contributed by atoms with Crippen molar-refractivity contribution in [3.63, 3.8) is 0 Å². The van der Waals surface area contributed by atoms with Crippen molar-refractivity contribution in [1.82, 2.24) is 14.9 Å². The van der Waals surface area contributed by atoms with E-state index in [1.165, 1.54) is 19.4 Å². The largest absolute Gasteiger partial charge is 0.373 e. The number of hydrogen-bond acceptors (Lipinski definition) is 5. The Morgan fingerprint density at radius 3 is 3.11 bits per heavy atom. The molecule has 5 nitrogen and oxygen atoms in total. The number of ether oxygens (including phenoxy) is 1. The molecule has 6 heteroatoms. The van der Waals surface area contributed by atoms with Gasteiger partial charge in [0.25, 0.3) is 0 Å². The summed E-state index contributed by atoms with van der Waals surface area (Å²) in [6.45, 7) is 3.61. The Kier molecular flexibility index (Phi) is 3.38. The third-order valence-corrected chi connectivity index (χ3v) is 3.57. The number of rotatable bonds is 3. The lowest BCUT2D eigenvalue weighted by molar-refractivity contribution is -0.0416. The topological polar surface area (TPSA) is 50.3 Å². The van der Waals surface area contributed by atoms with E-state index in [-0.39, 0.29) is 6.10 Å². The van der Waals surface area contributed by atoms with E-state index in [1.54, 1.807) is 0 Å². The van der Waals surface area contributed by atoms with Crippen LogP contribution in [0.15, 0.2) is 12.4 Å². The van der Waals surface area contributed by atoms with Gasteiger partial charge in [0, 0.05) is 19.1 Å². The number of morpholine rings is 1. The summed E-state index contributed by atoms with van der Waals surface area (Å²) in [5, 5.41) is 3.08. The van der Waals surface area contributed by atoms with Crippen molar-refractivity contribution in [3.05, 3.63) is 18.2 Å². The Balaban J connectivity index is 1.50. The Hall–Kier alpha value is -1.27. The quantitative estimate of drug-likeness (QED) is 0.866. The highest BCUT2D eigenvalue weighted by Gasteiger charge is 2.31. The highest BCUT2D eigenvalue weighted by Crippen LogP contribution is 2.22. The van der Waals surface area contributed by atoms with Gasteiger partial charge in [0.2, 0.25) is 5.95 Å². The standard InChI is InChI=1S/C12H17FN4O/c13-9-4-14-12(15-5-9)16-6-11-7-17-3-1-2-10(17)8-18-11/h4-5,10-11H,1-3,6-8H2,(H,14,15,16). The predicted molar refractivity (Wildman–Crippen MR) is 64.8 cm³/mol. The fourth-order valence-electron chi connectivity index (χ4n) is 2.62. The molecule has 2 unspecified atom stereocenters. The fourth-order valence-corrected chi connectivity index (χ4v) is 2.62. The third-order valence-electron chi connectivity index (χ3n) is 3.57. The summed E-state index contributed by atoms with van der Waals surface area (Å²) in [5.74, 6) is 0.0259. The minimum atomic E-state index is -0.422. The van der Waals surface area contributed by atoms with Gasteiger partial charge in [0.05, 0.1) is 25.1 Å². The van der Waals surface area contributed by atoms with E-state index >= 15 is 0 Å². The van der Waals surface area contributed by atoms with Gasteiger partial charge in [-0.25, -0.2) is 14.4 Å². The van der Waals surface area contributed by atoms with Crippen molar-refractivity contribution in [2.24, 2.45) is 0 Å². The molecule has 0 amide bonds. The Morgan fingerprint density at radius 2 is 2.28 bits per heavy atom. The average Bonchev–Trinajstić information content (AvgIpc) is 2.85. The molecule has 0 spiro atoms. The lowest BCUT2D eigenvalue weighted by Crippen LogP contribution is -2.48. The van der Waals surface area contributed by atoms with Gasteiger partial charge in [-0.1, -0.05) is 0 Å². The normalized spacial score (nSPS) is 28.1. The van der Waals surface area contributed by atoms with E-state index in [4.69, 9.17) is 4.74 Å². The molecule has 1 N–H and O–H groups in total. The van der Waals surface area contributed by atoms with Crippen LogP contribution in [-0.4, -0.2) is 53.3 Å². The molecule has 0 saturated carbocycles. The second-order valence-corrected chi connectivity index (χ2v) is 4.85. The van der Waals surface area contributed by atoms with Gasteiger partial charge in [-0.15, -0.1) is 0 Å². The van der Waals surface area contributed by atoms with Crippen LogP contribution in [-0.2, 0) is 4.74 Å². The first-order valence-electron chi connectivity index (χ1n) is 6.38. The number of aromatic nitrogens is 2. The number of hydrogen-bond donors (Lipinski definition) is 1. The SMILES string of the molecule is Fc1cnc(NCC2CN3CCCC3CO2)nc1. The van der Waals surface area contributed by atoms with Gasteiger partial charge in [-0.05, 0) is 19.4 Å². The van der Waals surface area contributed by atoms with Crippen LogP contribution in [0.25, 0.3) is 0 Å². The molecule has 18 heavy (non-hydrogen) atoms. The first-order valence-corrected chi connectivity index (χ1v) is 6.38. The van der Waals surface area contributed by atoms with E-state index in [0.29, 0.717) is 18.5 Å². The Bertz CT molecular complexity index is 400. The van der Waals surface area contributed by atoms with E-state index in [9.17, 15) is 4.39 Å². The van der Waals surface area contributed by atoms with Gasteiger partial charge in [-0.3, -0.25) is 4.90 Å². The van der Waals surface area contributed by atoms with Gasteiger partial charge in [0.15, 0.2) is 5.82 Å². The van der Waals surface area contributed by atoms with Gasteiger partial charge in [-0.2, -0.15) is 0 Å². The first-order chi connectivity index (χ1) is 8.81. The molecule has 2 aliphatic rings. The lowest BCUT2D eigenvalue weighted by atomic mass is 10.2. The molecule has 3 heterocycles. The Morgan fingerprint density at radius 1 is 1.44 bits per heavy atom. The molecule has 0 aliphatic carbocycles. The summed E-state index contributed by atoms with van der Waals surface area (Å²) in [6, 6.07) is 0.614. The van der Waals surface area contributed by atoms with E-state index in [0.717, 1.165) is 25.5 Å². The minimum absolute atomic E-state index is 0.160. The highest BCUT2D eigenvalue weighted by molar-refractivity contribution is 5.22. The summed E-state index contributed by atoms with van der Waals surface area (Å²) in [4.78, 5) is 10.2. The number of anilines is 1. The molecule has 3 rings (SSSR count). The lowest BCUT2D eigenvalue weighted by Gasteiger charge is -2.35. The van der Waals surface area contributed by atoms with Gasteiger partial charge < -0.3 is 10.1 Å². The molecule has 1 aromatic rings. The van der Waals surface area contributed by atoms with Crippen molar-refractivity contribution >= 4 is 5.95 Å². The van der Waals surface area contributed by atoms with Crippen LogP contribution in [0.2, 0.25) is 0 Å². The van der Waals surface area contributed by atoms with Crippen LogP contribution in [0.3, 0.4) is 0 Å². The zero-order valence-electron chi connectivity index (χ0n) is 10.2. The molecule has 2 fully saturated rings. The maximum atomic E-state index is 12.6. The van der Waals surface area contributed by atoms with Crippen molar-refractivity contribution in [2.45, 2.75) is 25.0 Å². The predicted octanol–water partition coefficient (Wildman–Crippen LogP) is 0.891. The second-order valence-electron chi connectivity index (χ2n) is 4.85. The van der Waals surface area contributed by atoms with Crippen molar-refractivity contribution in [1.29, 1.82) is 0 Å². The summed E-state index contributed by atoms with van der Waals surface area (Å²) >= 11 is 0. The molecule has 0 bridgehead atoms. The van der Waals surface area contributed by atoms with Crippen molar-refractivity contribution < 1.29 is 9.13 Å². The number of nitrogens with one attached hydrogen (secondary N) is 1. The first kappa shape index (κ1) is 11.8. The van der Waals surface area contributed by atoms with Crippen LogP contribution in [0.1, 0.15) is 12.8 Å². The van der Waals surface area contributed by atoms with E-state index in [1.807, 2.05) is 0 Å². The molecule has 0 radical (unpaired) electrons. The molecule has 1 aromatic heterocycles. The summed E-state index contributed by atoms with van der Waals surface area (Å²) in [6.07, 6.45) is 5.01. The van der Waals surface area contributed by atoms with Crippen LogP contribution < -0.4 is 5.32 Å². The van der Waals surface area contributed by atoms with E-state index in [2.05, 4.69) is 20.2 Å². The number of nitrogens with zero attached hydrogens (tertiary/aromatic N) is 3. The van der Waals surface area contributed by atoms with Crippen molar-refractivity contribution in [3.8, 4) is 0 Å². The molecule has 2 atom stereocenters. The zero-order chi connectivity index (χ0) is 12.4. The zero-order valence-corrected chi connectivity index (χ0v) is 10.2. The van der Waals surface area contributed by atoms with Crippen molar-refractivity contribution in [2.75, 3.05) is 31.6 Å². The molecule has 2 aliphatic heterocycles. The van der Waals surface area contributed by atoms with Gasteiger partial charge in [0.1, 0.15) is 0 Å². The molecule has 98 valence electrons. The molecule has 2 saturated heterocycles. The minimum Gasteiger partial charge on any atom is -0.373 e. The van der Waals surface area contributed by atoms with Crippen LogP contribution in [0.4, 0.5) is 10.3 Å². The van der Waals surface area contributed by atoms with E-state index < -0.39 is 5.82 Å². The third kappa shape index (κ3) is 2.59. The molecular weight excluding hydrogens is 235 g/mol. The smallest absolute Gasteiger partial charge is 0.222 e. The van der Waals surface area contributed by atoms with Crippen LogP contribution in [0, 0.1) is 5.82 Å². The summed E-state index contributed by atoms with van der Waals surface area (Å²) in [5.41, 5.74) is 0. The average molecular weight is 252 g/mol. The second kappa shape index (κ2) is 5.16. The highest BCUT2D eigenvalue weighted by atomic mass is 19.1. The maximum absolute atomic E-state index is 12.6. The number of halogens is 1. The Labute approximate surface area is 105 Å². The van der Waals surface area contributed by atoms with Crippen LogP contribution in [0.5, 0.6) is 0 Å².